The van der Waals surface area contributed by atoms with E-state index in [1.165, 1.54) is 88.6 Å². The summed E-state index contributed by atoms with van der Waals surface area (Å²) in [6, 6.07) is 21.6. The van der Waals surface area contributed by atoms with E-state index in [9.17, 15) is 26.3 Å². The van der Waals surface area contributed by atoms with Crippen molar-refractivity contribution in [1.29, 1.82) is 0 Å². The quantitative estimate of drug-likeness (QED) is 0.0975. The number of hydrogen-bond donors (Lipinski definition) is 0. The lowest BCUT2D eigenvalue weighted by Gasteiger charge is -2.51. The predicted molar refractivity (Wildman–Crippen MR) is 217 cm³/mol. The topological polar surface area (TPSA) is 18.5 Å². The molecule has 0 heterocycles. The second-order valence-electron chi connectivity index (χ2n) is 15.0. The molecular weight excluding hydrogens is 716 g/mol. The van der Waals surface area contributed by atoms with Gasteiger partial charge in [-0.15, -0.1) is 26.3 Å². The third-order valence-electron chi connectivity index (χ3n) is 10.1. The van der Waals surface area contributed by atoms with E-state index in [1.807, 2.05) is 0 Å². The maximum Gasteiger partial charge on any atom is 0.573 e. The molecule has 0 aliphatic carbocycles. The van der Waals surface area contributed by atoms with Gasteiger partial charge in [-0.2, -0.15) is 21.9 Å². The highest BCUT2D eigenvalue weighted by Crippen LogP contribution is 2.30. The molecule has 0 amide bonds. The van der Waals surface area contributed by atoms with Gasteiger partial charge in [0.15, 0.2) is 0 Å². The Labute approximate surface area is 318 Å². The van der Waals surface area contributed by atoms with Gasteiger partial charge in [-0.3, -0.25) is 0 Å². The van der Waals surface area contributed by atoms with Gasteiger partial charge in [-0.05, 0) is 83.1 Å². The van der Waals surface area contributed by atoms with Crippen LogP contribution in [0.3, 0.4) is 0 Å². The lowest BCUT2D eigenvalue weighted by atomic mass is 9.10. The van der Waals surface area contributed by atoms with E-state index >= 15 is 0 Å². The molecule has 0 N–H and O–H groups in total. The maximum atomic E-state index is 11.9. The maximum absolute atomic E-state index is 11.9. The SMILES string of the molecule is Cc1cc(C)c([B-](c2c(C)cc(C)cc2C)(c2c(C)cc(C)cc2C)c2c(C)cc(C)cc2C)c(C)c1.FC(F)(F)Oc1cc([PH3+])cc(OC(F)(F)F)c1. The highest BCUT2D eigenvalue weighted by molar-refractivity contribution is 7.27. The average molecular weight is 767 g/mol. The van der Waals surface area contributed by atoms with Crippen molar-refractivity contribution in [2.45, 2.75) is 95.8 Å². The Morgan fingerprint density at radius 2 is 0.574 bits per heavy atom. The van der Waals surface area contributed by atoms with Crippen molar-refractivity contribution < 1.29 is 35.8 Å². The van der Waals surface area contributed by atoms with Crippen LogP contribution in [0.4, 0.5) is 26.3 Å². The summed E-state index contributed by atoms with van der Waals surface area (Å²) in [6.07, 6.45) is -11.4. The van der Waals surface area contributed by atoms with Gasteiger partial charge in [0.1, 0.15) is 17.6 Å². The zero-order valence-electron chi connectivity index (χ0n) is 33.2. The molecule has 5 aromatic carbocycles. The van der Waals surface area contributed by atoms with Gasteiger partial charge in [0, 0.05) is 27.4 Å². The number of aryl methyl sites for hydroxylation is 12. The first kappa shape index (κ1) is 42.5. The van der Waals surface area contributed by atoms with Crippen LogP contribution in [0.1, 0.15) is 66.8 Å². The molecule has 10 heteroatoms. The molecule has 0 saturated carbocycles. The first-order valence-electron chi connectivity index (χ1n) is 17.8. The van der Waals surface area contributed by atoms with Crippen molar-refractivity contribution in [3.8, 4) is 11.5 Å². The van der Waals surface area contributed by atoms with Crippen molar-refractivity contribution in [1.82, 2.24) is 0 Å². The molecule has 54 heavy (non-hydrogen) atoms. The van der Waals surface area contributed by atoms with Crippen molar-refractivity contribution in [3.63, 3.8) is 0 Å². The lowest BCUT2D eigenvalue weighted by Crippen LogP contribution is -2.78. The summed E-state index contributed by atoms with van der Waals surface area (Å²) >= 11 is 0. The lowest BCUT2D eigenvalue weighted by molar-refractivity contribution is -0.276. The van der Waals surface area contributed by atoms with Crippen LogP contribution in [-0.2, 0) is 0 Å². The molecule has 0 saturated heterocycles. The van der Waals surface area contributed by atoms with Crippen LogP contribution in [0.15, 0.2) is 66.7 Å². The Kier molecular flexibility index (Phi) is 12.5. The summed E-state index contributed by atoms with van der Waals surface area (Å²) in [6.45, 7) is 27.6. The van der Waals surface area contributed by atoms with E-state index in [0.717, 1.165) is 21.4 Å². The summed E-state index contributed by atoms with van der Waals surface area (Å²) in [5.74, 6) is -1.52. The molecule has 2 nitrogen and oxygen atoms in total. The summed E-state index contributed by atoms with van der Waals surface area (Å²) in [5.41, 5.74) is 22.4. The molecule has 5 rings (SSSR count). The highest BCUT2D eigenvalue weighted by atomic mass is 31.0. The predicted octanol–water partition coefficient (Wildman–Crippen LogP) is 9.48. The van der Waals surface area contributed by atoms with Gasteiger partial charge < -0.3 is 9.47 Å². The van der Waals surface area contributed by atoms with Crippen molar-refractivity contribution >= 4 is 42.5 Å². The van der Waals surface area contributed by atoms with Crippen LogP contribution < -0.4 is 36.6 Å². The minimum absolute atomic E-state index is 0.172. The molecule has 1 atom stereocenters. The van der Waals surface area contributed by atoms with E-state index in [4.69, 9.17) is 0 Å². The first-order valence-corrected chi connectivity index (χ1v) is 18.5. The number of ether oxygens (including phenoxy) is 2. The fourth-order valence-corrected chi connectivity index (χ4v) is 9.78. The summed E-state index contributed by atoms with van der Waals surface area (Å²) in [4.78, 5) is 0. The van der Waals surface area contributed by atoms with Crippen LogP contribution in [0, 0.1) is 83.1 Å². The Morgan fingerprint density at radius 1 is 0.370 bits per heavy atom. The summed E-state index contributed by atoms with van der Waals surface area (Å²) < 4.78 is 78.1. The van der Waals surface area contributed by atoms with Gasteiger partial charge in [0.25, 0.3) is 0 Å². The molecule has 0 fully saturated rings. The zero-order chi connectivity index (χ0) is 40.7. The van der Waals surface area contributed by atoms with Gasteiger partial charge >= 0.3 is 12.7 Å². The summed E-state index contributed by atoms with van der Waals surface area (Å²) in [5, 5.41) is 0.172. The van der Waals surface area contributed by atoms with E-state index in [-0.39, 0.29) is 5.30 Å². The zero-order valence-corrected chi connectivity index (χ0v) is 34.6. The van der Waals surface area contributed by atoms with E-state index in [0.29, 0.717) is 6.07 Å². The molecule has 0 aliphatic heterocycles. The summed E-state index contributed by atoms with van der Waals surface area (Å²) in [7, 11) is 1.10. The van der Waals surface area contributed by atoms with Gasteiger partial charge in [0.05, 0.1) is 5.30 Å². The van der Waals surface area contributed by atoms with Crippen LogP contribution in [-0.4, -0.2) is 18.9 Å². The third-order valence-corrected chi connectivity index (χ3v) is 10.5. The van der Waals surface area contributed by atoms with E-state index in [2.05, 4.69) is 141 Å². The second kappa shape index (κ2) is 15.9. The number of hydrogen-bond acceptors (Lipinski definition) is 2. The smallest absolute Gasteiger partial charge is 0.405 e. The van der Waals surface area contributed by atoms with Gasteiger partial charge in [-0.25, -0.2) is 0 Å². The number of alkyl halides is 6. The monoisotopic (exact) mass is 766 g/mol. The molecule has 0 radical (unpaired) electrons. The molecule has 0 spiro atoms. The standard InChI is InChI=1S/C36H44B.C8H5F6O2P/c1-21-13-25(5)33(26(6)14-21)37(34-27(7)15-22(2)16-28(34)8,35-29(9)17-23(3)18-30(35)10)36-31(11)19-24(4)20-32(36)12;9-7(10,11)15-4-1-5(3-6(17)2-4)16-8(12,13)14/h13-20H,1-12H3;1-3H,17H2/q-1;/p+1. The molecule has 0 aromatic heterocycles. The van der Waals surface area contributed by atoms with Crippen molar-refractivity contribution in [3.05, 3.63) is 133 Å². The molecule has 0 aliphatic rings. The Bertz CT molecular complexity index is 1840. The van der Waals surface area contributed by atoms with Crippen LogP contribution in [0.2, 0.25) is 0 Å². The van der Waals surface area contributed by atoms with E-state index < -0.39 is 30.4 Å². The van der Waals surface area contributed by atoms with Crippen molar-refractivity contribution in [2.75, 3.05) is 0 Å². The largest absolute Gasteiger partial charge is 0.573 e. The fourth-order valence-electron chi connectivity index (χ4n) is 9.38. The van der Waals surface area contributed by atoms with Gasteiger partial charge in [-0.1, -0.05) is 115 Å². The van der Waals surface area contributed by atoms with E-state index in [1.54, 1.807) is 0 Å². The van der Waals surface area contributed by atoms with Crippen LogP contribution in [0.5, 0.6) is 11.5 Å². The molecule has 5 aromatic rings. The molecular formula is C44H50BF6O2P. The fraction of sp³-hybridized carbons (Fsp3) is 0.318. The Hall–Kier alpha value is -4.23. The first-order chi connectivity index (χ1) is 24.8. The van der Waals surface area contributed by atoms with Crippen LogP contribution >= 0.6 is 9.24 Å². The van der Waals surface area contributed by atoms with Gasteiger partial charge in [0.2, 0.25) is 0 Å². The number of halogens is 6. The Morgan fingerprint density at radius 3 is 0.759 bits per heavy atom. The highest BCUT2D eigenvalue weighted by Gasteiger charge is 2.40. The minimum atomic E-state index is -4.97. The minimum Gasteiger partial charge on any atom is -0.405 e. The molecule has 288 valence electrons. The Balaban J connectivity index is 0.000000321. The van der Waals surface area contributed by atoms with Crippen LogP contribution in [0.25, 0.3) is 0 Å². The number of rotatable bonds is 6. The second-order valence-corrected chi connectivity index (χ2v) is 15.8. The number of benzene rings is 5. The molecule has 0 bridgehead atoms. The average Bonchev–Trinajstić information content (AvgIpc) is 2.93. The molecule has 1 unspecified atom stereocenters. The normalized spacial score (nSPS) is 12.0. The van der Waals surface area contributed by atoms with Crippen molar-refractivity contribution in [2.24, 2.45) is 0 Å². The third kappa shape index (κ3) is 9.34.